The molecule has 5 rings (SSSR count). The summed E-state index contributed by atoms with van der Waals surface area (Å²) in [7, 11) is 3.32. The van der Waals surface area contributed by atoms with E-state index in [0.717, 1.165) is 28.9 Å². The van der Waals surface area contributed by atoms with E-state index in [2.05, 4.69) is 15.7 Å². The molecule has 0 aliphatic carbocycles. The number of methoxy groups -OCH3 is 1. The van der Waals surface area contributed by atoms with E-state index in [4.69, 9.17) is 9.84 Å². The van der Waals surface area contributed by atoms with Gasteiger partial charge in [-0.1, -0.05) is 24.3 Å². The van der Waals surface area contributed by atoms with E-state index < -0.39 is 34.3 Å². The van der Waals surface area contributed by atoms with E-state index in [1.165, 1.54) is 13.2 Å². The van der Waals surface area contributed by atoms with Gasteiger partial charge in [0.05, 0.1) is 43.5 Å². The first-order valence-corrected chi connectivity index (χ1v) is 12.9. The number of nitrogens with one attached hydrogen (secondary N) is 2. The number of para-hydroxylation sites is 1. The van der Waals surface area contributed by atoms with E-state index in [9.17, 15) is 18.8 Å². The Morgan fingerprint density at radius 3 is 2.62 bits per heavy atom. The smallest absolute Gasteiger partial charge is 0.320 e. The molecule has 1 aliphatic rings. The van der Waals surface area contributed by atoms with Gasteiger partial charge in [-0.2, -0.15) is 10.2 Å². The van der Waals surface area contributed by atoms with Crippen LogP contribution < -0.4 is 10.6 Å². The predicted octanol–water partition coefficient (Wildman–Crippen LogP) is 4.11. The number of rotatable bonds is 8. The molecule has 2 aromatic heterocycles. The van der Waals surface area contributed by atoms with Crippen molar-refractivity contribution in [3.8, 4) is 16.9 Å². The van der Waals surface area contributed by atoms with Crippen LogP contribution in [0, 0.1) is 23.8 Å². The number of amides is 2. The molecule has 4 aromatic rings. The lowest BCUT2D eigenvalue weighted by atomic mass is 9.94. The minimum atomic E-state index is -1.00. The molecule has 3 heterocycles. The molecular formula is C28H31F2N7O3. The number of carbonyl (C=O) groups is 1. The summed E-state index contributed by atoms with van der Waals surface area (Å²) < 4.78 is 35.5. The second kappa shape index (κ2) is 11.2. The van der Waals surface area contributed by atoms with Gasteiger partial charge in [-0.3, -0.25) is 10.00 Å². The minimum absolute atomic E-state index is 0.0539. The third-order valence-electron chi connectivity index (χ3n) is 7.27. The van der Waals surface area contributed by atoms with Crippen molar-refractivity contribution in [3.63, 3.8) is 0 Å². The third-order valence-corrected chi connectivity index (χ3v) is 7.27. The number of halogens is 2. The molecule has 3 atom stereocenters. The van der Waals surface area contributed by atoms with Crippen LogP contribution in [0.5, 0.6) is 0 Å². The summed E-state index contributed by atoms with van der Waals surface area (Å²) in [6, 6.07) is 11.8. The average Bonchev–Trinajstić information content (AvgIpc) is 3.60. The van der Waals surface area contributed by atoms with Crippen molar-refractivity contribution < 1.29 is 23.0 Å². The number of hydroxylamine groups is 3. The van der Waals surface area contributed by atoms with E-state index in [-0.39, 0.29) is 26.2 Å². The number of aromatic nitrogens is 4. The molecule has 1 fully saturated rings. The molecule has 0 saturated carbocycles. The fourth-order valence-corrected chi connectivity index (χ4v) is 5.24. The highest BCUT2D eigenvalue weighted by Gasteiger charge is 2.42. The Morgan fingerprint density at radius 2 is 1.95 bits per heavy atom. The Hall–Kier alpha value is -4.13. The van der Waals surface area contributed by atoms with E-state index in [1.54, 1.807) is 15.6 Å². The lowest BCUT2D eigenvalue weighted by Gasteiger charge is -2.38. The van der Waals surface area contributed by atoms with Crippen LogP contribution in [0.25, 0.3) is 16.9 Å². The van der Waals surface area contributed by atoms with Gasteiger partial charge in [0.25, 0.3) is 0 Å². The zero-order valence-corrected chi connectivity index (χ0v) is 22.5. The quantitative estimate of drug-likeness (QED) is 0.253. The van der Waals surface area contributed by atoms with Gasteiger partial charge in [0.2, 0.25) is 0 Å². The van der Waals surface area contributed by atoms with Crippen LogP contribution in [-0.2, 0) is 11.8 Å². The number of nitrogens with zero attached hydrogens (tertiary/aromatic N) is 5. The summed E-state index contributed by atoms with van der Waals surface area (Å²) in [5.41, 5.74) is 3.36. The number of benzene rings is 2. The van der Waals surface area contributed by atoms with Crippen LogP contribution in [0.1, 0.15) is 17.0 Å². The topological polar surface area (TPSA) is 109 Å². The van der Waals surface area contributed by atoms with Crippen molar-refractivity contribution in [1.82, 2.24) is 24.9 Å². The number of urea groups is 1. The van der Waals surface area contributed by atoms with Crippen LogP contribution in [0.3, 0.4) is 0 Å². The molecule has 2 amide bonds. The Labute approximate surface area is 230 Å². The van der Waals surface area contributed by atoms with Crippen LogP contribution in [0.15, 0.2) is 60.9 Å². The van der Waals surface area contributed by atoms with Crippen LogP contribution in [-0.4, -0.2) is 69.6 Å². The fourth-order valence-electron chi connectivity index (χ4n) is 5.24. The molecule has 1 saturated heterocycles. The Morgan fingerprint density at radius 1 is 1.18 bits per heavy atom. The lowest BCUT2D eigenvalue weighted by molar-refractivity contribution is -0.869. The normalized spacial score (nSPS) is 20.6. The Kier molecular flexibility index (Phi) is 7.66. The Balaban J connectivity index is 1.44. The maximum Gasteiger partial charge on any atom is 0.320 e. The number of hydrogen-bond acceptors (Lipinski definition) is 5. The molecule has 2 N–H and O–H groups in total. The van der Waals surface area contributed by atoms with Gasteiger partial charge in [-0.25, -0.2) is 18.3 Å². The molecule has 40 heavy (non-hydrogen) atoms. The zero-order valence-electron chi connectivity index (χ0n) is 22.5. The number of hydrogen-bond donors (Lipinski definition) is 2. The van der Waals surface area contributed by atoms with Crippen LogP contribution in [0.2, 0.25) is 0 Å². The summed E-state index contributed by atoms with van der Waals surface area (Å²) in [5.74, 6) is -2.05. The van der Waals surface area contributed by atoms with Gasteiger partial charge in [0.1, 0.15) is 18.1 Å². The molecule has 10 nitrogen and oxygen atoms in total. The SMILES string of the molecule is COCC[N+]1([O-])C[C@@H](NC(=O)Nc2c(C)c(-c3cnn(C)c3)nn2-c2ccccc2)[C@H](c2ccc(F)c(F)c2)C1. The predicted molar refractivity (Wildman–Crippen MR) is 146 cm³/mol. The van der Waals surface area contributed by atoms with E-state index >= 15 is 0 Å². The molecule has 1 unspecified atom stereocenters. The number of aryl methyl sites for hydroxylation is 1. The van der Waals surface area contributed by atoms with Crippen molar-refractivity contribution in [2.75, 3.05) is 38.7 Å². The largest absolute Gasteiger partial charge is 0.633 e. The molecule has 210 valence electrons. The molecular weight excluding hydrogens is 520 g/mol. The standard InChI is InChI=1S/C28H31F2N7O3/c1-18-26(20-14-31-35(2)15-20)34-36(21-7-5-4-6-8-21)27(18)33-28(38)32-25-17-37(39,11-12-40-3)16-22(25)19-9-10-23(29)24(30)13-19/h4-10,13-15,22,25H,11-12,16-17H2,1-3H3,(H2,32,33,38)/t22-,25+,37?/m0/s1. The molecule has 0 radical (unpaired) electrons. The highest BCUT2D eigenvalue weighted by molar-refractivity contribution is 5.91. The monoisotopic (exact) mass is 551 g/mol. The number of ether oxygens (including phenoxy) is 1. The number of quaternary nitrogens is 1. The third kappa shape index (κ3) is 5.60. The molecule has 12 heteroatoms. The van der Waals surface area contributed by atoms with Gasteiger partial charge in [0.15, 0.2) is 11.6 Å². The molecule has 1 aliphatic heterocycles. The number of anilines is 1. The summed E-state index contributed by atoms with van der Waals surface area (Å²) in [4.78, 5) is 13.4. The first-order chi connectivity index (χ1) is 19.2. The van der Waals surface area contributed by atoms with Gasteiger partial charge < -0.3 is 19.9 Å². The maximum absolute atomic E-state index is 14.1. The second-order valence-electron chi connectivity index (χ2n) is 10.1. The van der Waals surface area contributed by atoms with Crippen molar-refractivity contribution in [3.05, 3.63) is 88.9 Å². The zero-order chi connectivity index (χ0) is 28.4. The van der Waals surface area contributed by atoms with E-state index in [0.29, 0.717) is 17.1 Å². The van der Waals surface area contributed by atoms with Gasteiger partial charge in [-0.05, 0) is 36.8 Å². The van der Waals surface area contributed by atoms with Crippen molar-refractivity contribution in [2.45, 2.75) is 18.9 Å². The minimum Gasteiger partial charge on any atom is -0.633 e. The first-order valence-electron chi connectivity index (χ1n) is 12.9. The van der Waals surface area contributed by atoms with Crippen LogP contribution in [0.4, 0.5) is 19.4 Å². The molecule has 0 bridgehead atoms. The average molecular weight is 552 g/mol. The van der Waals surface area contributed by atoms with Crippen LogP contribution >= 0.6 is 0 Å². The number of likely N-dealkylation sites (tertiary alicyclic amines) is 1. The summed E-state index contributed by atoms with van der Waals surface area (Å²) in [6.07, 6.45) is 3.54. The maximum atomic E-state index is 14.1. The molecule has 0 spiro atoms. The highest BCUT2D eigenvalue weighted by atomic mass is 19.2. The summed E-state index contributed by atoms with van der Waals surface area (Å²) >= 11 is 0. The second-order valence-corrected chi connectivity index (χ2v) is 10.1. The van der Waals surface area contributed by atoms with Gasteiger partial charge >= 0.3 is 6.03 Å². The van der Waals surface area contributed by atoms with E-state index in [1.807, 2.05) is 50.5 Å². The fraction of sp³-hybridized carbons (Fsp3) is 0.321. The molecule has 2 aromatic carbocycles. The number of carbonyl (C=O) groups excluding carboxylic acids is 1. The van der Waals surface area contributed by atoms with Crippen molar-refractivity contribution >= 4 is 11.8 Å². The summed E-state index contributed by atoms with van der Waals surface area (Å²) in [6.45, 7) is 2.41. The lowest BCUT2D eigenvalue weighted by Crippen LogP contribution is -2.47. The highest BCUT2D eigenvalue weighted by Crippen LogP contribution is 2.34. The van der Waals surface area contributed by atoms with Crippen molar-refractivity contribution in [2.24, 2.45) is 7.05 Å². The summed E-state index contributed by atoms with van der Waals surface area (Å²) in [5, 5.41) is 28.3. The van der Waals surface area contributed by atoms with Crippen molar-refractivity contribution in [1.29, 1.82) is 0 Å². The van der Waals surface area contributed by atoms with Gasteiger partial charge in [-0.15, -0.1) is 0 Å². The van der Waals surface area contributed by atoms with Gasteiger partial charge in [0, 0.05) is 31.5 Å². The first kappa shape index (κ1) is 27.4. The Bertz CT molecular complexity index is 1510.